The molecule has 0 saturated carbocycles. The second kappa shape index (κ2) is 6.50. The Kier molecular flexibility index (Phi) is 5.29. The highest BCUT2D eigenvalue weighted by Gasteiger charge is 2.13. The Morgan fingerprint density at radius 3 is 2.41 bits per heavy atom. The van der Waals surface area contributed by atoms with Gasteiger partial charge in [-0.15, -0.1) is 0 Å². The van der Waals surface area contributed by atoms with Crippen molar-refractivity contribution in [3.05, 3.63) is 23.8 Å². The zero-order valence-electron chi connectivity index (χ0n) is 10.9. The number of hydrogen-bond donors (Lipinski definition) is 3. The Morgan fingerprint density at radius 2 is 1.82 bits per heavy atom. The van der Waals surface area contributed by atoms with Gasteiger partial charge in [-0.2, -0.15) is 0 Å². The molecule has 0 bridgehead atoms. The molecule has 1 aromatic rings. The molecule has 0 spiro atoms. The minimum absolute atomic E-state index is 0.0169. The summed E-state index contributed by atoms with van der Waals surface area (Å²) in [5.41, 5.74) is 0.739. The van der Waals surface area contributed by atoms with Crippen LogP contribution in [0.2, 0.25) is 0 Å². The maximum absolute atomic E-state index is 9.67. The zero-order valence-corrected chi connectivity index (χ0v) is 10.9. The number of nitrogens with one attached hydrogen (secondary N) is 1. The fraction of sp³-hybridized carbons (Fsp3) is 0.571. The summed E-state index contributed by atoms with van der Waals surface area (Å²) in [5, 5.41) is 22.5. The molecule has 0 saturated heterocycles. The first-order chi connectivity index (χ1) is 8.10. The Bertz CT molecular complexity index is 348. The van der Waals surface area contributed by atoms with Crippen molar-refractivity contribution in [1.82, 2.24) is 5.32 Å². The highest BCUT2D eigenvalue weighted by Crippen LogP contribution is 2.28. The molecular weight excluding hydrogens is 214 g/mol. The normalized spacial score (nSPS) is 12.9. The smallest absolute Gasteiger partial charge is 0.161 e. The molecule has 0 aromatic heterocycles. The summed E-state index contributed by atoms with van der Waals surface area (Å²) < 4.78 is 0. The van der Waals surface area contributed by atoms with Gasteiger partial charge in [-0.1, -0.05) is 38.8 Å². The highest BCUT2D eigenvalue weighted by atomic mass is 16.3. The number of para-hydroxylation sites is 1. The van der Waals surface area contributed by atoms with E-state index in [9.17, 15) is 10.2 Å². The van der Waals surface area contributed by atoms with Gasteiger partial charge in [0.2, 0.25) is 0 Å². The molecule has 0 aliphatic carbocycles. The Hall–Kier alpha value is -1.22. The van der Waals surface area contributed by atoms with Crippen molar-refractivity contribution in [2.24, 2.45) is 5.92 Å². The first-order valence-corrected chi connectivity index (χ1v) is 6.33. The van der Waals surface area contributed by atoms with Crippen molar-refractivity contribution in [1.29, 1.82) is 0 Å². The van der Waals surface area contributed by atoms with Gasteiger partial charge in [-0.25, -0.2) is 0 Å². The lowest BCUT2D eigenvalue weighted by molar-refractivity contribution is 0.348. The third-order valence-electron chi connectivity index (χ3n) is 3.47. The largest absolute Gasteiger partial charge is 0.504 e. The predicted octanol–water partition coefficient (Wildman–Crippen LogP) is 3.01. The lowest BCUT2D eigenvalue weighted by Gasteiger charge is -2.22. The molecule has 3 heteroatoms. The summed E-state index contributed by atoms with van der Waals surface area (Å²) in [6.45, 7) is 7.13. The number of phenols is 2. The van der Waals surface area contributed by atoms with Crippen LogP contribution in [-0.4, -0.2) is 16.3 Å². The van der Waals surface area contributed by atoms with Gasteiger partial charge < -0.3 is 15.5 Å². The van der Waals surface area contributed by atoms with E-state index in [1.807, 2.05) is 6.07 Å². The third kappa shape index (κ3) is 3.63. The molecule has 1 rings (SSSR count). The maximum atomic E-state index is 9.67. The molecule has 96 valence electrons. The number of rotatable bonds is 6. The van der Waals surface area contributed by atoms with Gasteiger partial charge in [-0.3, -0.25) is 0 Å². The minimum Gasteiger partial charge on any atom is -0.504 e. The molecule has 3 N–H and O–H groups in total. The Labute approximate surface area is 103 Å². The summed E-state index contributed by atoms with van der Waals surface area (Å²) in [5.74, 6) is 0.575. The van der Waals surface area contributed by atoms with Gasteiger partial charge in [-0.05, 0) is 18.9 Å². The SMILES string of the molecule is CCC(CC)C(C)NCc1cccc(O)c1O. The first-order valence-electron chi connectivity index (χ1n) is 6.33. The van der Waals surface area contributed by atoms with Crippen LogP contribution in [0.1, 0.15) is 39.2 Å². The molecule has 0 radical (unpaired) electrons. The van der Waals surface area contributed by atoms with Gasteiger partial charge in [0.05, 0.1) is 0 Å². The van der Waals surface area contributed by atoms with E-state index < -0.39 is 0 Å². The van der Waals surface area contributed by atoms with Crippen molar-refractivity contribution in [2.45, 2.75) is 46.2 Å². The zero-order chi connectivity index (χ0) is 12.8. The quantitative estimate of drug-likeness (QED) is 0.667. The molecule has 0 heterocycles. The molecule has 3 nitrogen and oxygen atoms in total. The van der Waals surface area contributed by atoms with E-state index in [2.05, 4.69) is 26.1 Å². The van der Waals surface area contributed by atoms with Crippen molar-refractivity contribution < 1.29 is 10.2 Å². The lowest BCUT2D eigenvalue weighted by Crippen LogP contribution is -2.32. The average molecular weight is 237 g/mol. The number of phenolic OH excluding ortho intramolecular Hbond substituents is 2. The molecule has 1 unspecified atom stereocenters. The first kappa shape index (κ1) is 13.8. The summed E-state index contributed by atoms with van der Waals surface area (Å²) in [4.78, 5) is 0. The summed E-state index contributed by atoms with van der Waals surface area (Å²) >= 11 is 0. The minimum atomic E-state index is -0.0560. The second-order valence-electron chi connectivity index (χ2n) is 4.53. The lowest BCUT2D eigenvalue weighted by atomic mass is 9.95. The van der Waals surface area contributed by atoms with Crippen molar-refractivity contribution in [3.8, 4) is 11.5 Å². The fourth-order valence-electron chi connectivity index (χ4n) is 2.15. The van der Waals surface area contributed by atoms with Crippen molar-refractivity contribution in [3.63, 3.8) is 0 Å². The van der Waals surface area contributed by atoms with Gasteiger partial charge in [0, 0.05) is 18.2 Å². The van der Waals surface area contributed by atoms with Crippen LogP contribution in [0.25, 0.3) is 0 Å². The van der Waals surface area contributed by atoms with Crippen LogP contribution in [0, 0.1) is 5.92 Å². The second-order valence-corrected chi connectivity index (χ2v) is 4.53. The van der Waals surface area contributed by atoms with Crippen LogP contribution >= 0.6 is 0 Å². The van der Waals surface area contributed by atoms with E-state index in [4.69, 9.17) is 0 Å². The summed E-state index contributed by atoms with van der Waals surface area (Å²) in [6.07, 6.45) is 2.30. The van der Waals surface area contributed by atoms with Crippen molar-refractivity contribution in [2.75, 3.05) is 0 Å². The topological polar surface area (TPSA) is 52.5 Å². The van der Waals surface area contributed by atoms with E-state index in [0.29, 0.717) is 18.5 Å². The van der Waals surface area contributed by atoms with Crippen molar-refractivity contribution >= 4 is 0 Å². The van der Waals surface area contributed by atoms with E-state index >= 15 is 0 Å². The number of aromatic hydroxyl groups is 2. The monoisotopic (exact) mass is 237 g/mol. The fourth-order valence-corrected chi connectivity index (χ4v) is 2.15. The standard InChI is InChI=1S/C14H23NO2/c1-4-11(5-2)10(3)15-9-12-7-6-8-13(16)14(12)17/h6-8,10-11,15-17H,4-5,9H2,1-3H3. The Morgan fingerprint density at radius 1 is 1.18 bits per heavy atom. The molecule has 17 heavy (non-hydrogen) atoms. The van der Waals surface area contributed by atoms with E-state index in [-0.39, 0.29) is 11.5 Å². The van der Waals surface area contributed by atoms with Crippen LogP contribution in [0.15, 0.2) is 18.2 Å². The highest BCUT2D eigenvalue weighted by molar-refractivity contribution is 5.44. The van der Waals surface area contributed by atoms with Crippen LogP contribution in [0.3, 0.4) is 0 Å². The number of hydrogen-bond acceptors (Lipinski definition) is 3. The number of benzene rings is 1. The van der Waals surface area contributed by atoms with Gasteiger partial charge in [0.15, 0.2) is 11.5 Å². The average Bonchev–Trinajstić information content (AvgIpc) is 2.32. The maximum Gasteiger partial charge on any atom is 0.161 e. The molecule has 0 fully saturated rings. The van der Waals surface area contributed by atoms with Crippen LogP contribution in [-0.2, 0) is 6.54 Å². The molecule has 1 aromatic carbocycles. The molecule has 0 aliphatic heterocycles. The van der Waals surface area contributed by atoms with Crippen LogP contribution in [0.4, 0.5) is 0 Å². The molecule has 0 amide bonds. The van der Waals surface area contributed by atoms with E-state index in [1.165, 1.54) is 6.07 Å². The summed E-state index contributed by atoms with van der Waals surface area (Å²) in [7, 11) is 0. The Balaban J connectivity index is 2.58. The van der Waals surface area contributed by atoms with Gasteiger partial charge in [0.25, 0.3) is 0 Å². The molecular formula is C14H23NO2. The van der Waals surface area contributed by atoms with Gasteiger partial charge >= 0.3 is 0 Å². The molecule has 0 aliphatic rings. The van der Waals surface area contributed by atoms with E-state index in [0.717, 1.165) is 18.4 Å². The van der Waals surface area contributed by atoms with Gasteiger partial charge in [0.1, 0.15) is 0 Å². The third-order valence-corrected chi connectivity index (χ3v) is 3.47. The molecule has 1 atom stereocenters. The predicted molar refractivity (Wildman–Crippen MR) is 70.1 cm³/mol. The van der Waals surface area contributed by atoms with E-state index in [1.54, 1.807) is 6.07 Å². The van der Waals surface area contributed by atoms with Crippen LogP contribution in [0.5, 0.6) is 11.5 Å². The summed E-state index contributed by atoms with van der Waals surface area (Å²) in [6, 6.07) is 5.46. The van der Waals surface area contributed by atoms with Crippen LogP contribution < -0.4 is 5.32 Å².